The Morgan fingerprint density at radius 3 is 2.12 bits per heavy atom. The van der Waals surface area contributed by atoms with E-state index in [9.17, 15) is 4.79 Å². The van der Waals surface area contributed by atoms with Crippen LogP contribution in [0.5, 0.6) is 0 Å². The lowest BCUT2D eigenvalue weighted by molar-refractivity contribution is -0.120. The Bertz CT molecular complexity index is 90.4. The number of Topliss-reactive ketones (excluding diaryl/α,β-unsaturated/α-hetero) is 1. The minimum absolute atomic E-state index is 0.181. The second-order valence-electron chi connectivity index (χ2n) is 1.88. The second kappa shape index (κ2) is 2.79. The van der Waals surface area contributed by atoms with E-state index in [-0.39, 0.29) is 5.78 Å². The van der Waals surface area contributed by atoms with Crippen LogP contribution in [0.2, 0.25) is 0 Å². The Hall–Kier alpha value is -0.410. The van der Waals surface area contributed by atoms with Crippen LogP contribution in [-0.4, -0.2) is 23.0 Å². The molecule has 3 nitrogen and oxygen atoms in total. The van der Waals surface area contributed by atoms with Crippen LogP contribution >= 0.6 is 0 Å². The lowest BCUT2D eigenvalue weighted by Gasteiger charge is -2.08. The number of carbonyl (C=O) groups is 1. The van der Waals surface area contributed by atoms with Gasteiger partial charge in [0.2, 0.25) is 0 Å². The summed E-state index contributed by atoms with van der Waals surface area (Å²) in [6.45, 7) is 2.85. The molecule has 0 spiro atoms. The van der Waals surface area contributed by atoms with Gasteiger partial charge in [-0.1, -0.05) is 0 Å². The fourth-order valence-corrected chi connectivity index (χ4v) is 0.340. The van der Waals surface area contributed by atoms with Gasteiger partial charge in [-0.25, -0.2) is 0 Å². The second-order valence-corrected chi connectivity index (χ2v) is 1.88. The number of hydrogen-bond donors (Lipinski definition) is 2. The number of nitrogens with two attached hydrogens (primary N) is 1. The maximum absolute atomic E-state index is 10.3. The van der Waals surface area contributed by atoms with E-state index in [1.165, 1.54) is 13.8 Å². The summed E-state index contributed by atoms with van der Waals surface area (Å²) in [7, 11) is 0. The molecule has 0 aliphatic carbocycles. The molecule has 0 saturated heterocycles. The van der Waals surface area contributed by atoms with E-state index in [1.807, 2.05) is 0 Å². The van der Waals surface area contributed by atoms with Crippen molar-refractivity contribution in [2.75, 3.05) is 0 Å². The molecule has 3 N–H and O–H groups in total. The number of aliphatic hydroxyl groups excluding tert-OH is 1. The molecule has 0 aromatic heterocycles. The van der Waals surface area contributed by atoms with Crippen LogP contribution in [0.25, 0.3) is 0 Å². The molecule has 2 atom stereocenters. The van der Waals surface area contributed by atoms with Gasteiger partial charge in [0.1, 0.15) is 5.78 Å². The number of rotatable bonds is 2. The molecule has 0 radical (unpaired) electrons. The Balaban J connectivity index is 3.64. The average Bonchev–Trinajstić information content (AvgIpc) is 1.64. The van der Waals surface area contributed by atoms with E-state index < -0.39 is 12.1 Å². The van der Waals surface area contributed by atoms with E-state index >= 15 is 0 Å². The molecule has 8 heavy (non-hydrogen) atoms. The summed E-state index contributed by atoms with van der Waals surface area (Å²) in [5.41, 5.74) is 5.16. The smallest absolute Gasteiger partial charge is 0.149 e. The molecule has 3 heteroatoms. The molecule has 0 amide bonds. The summed E-state index contributed by atoms with van der Waals surface area (Å²) in [5, 5.41) is 8.65. The summed E-state index contributed by atoms with van der Waals surface area (Å²) in [4.78, 5) is 10.3. The van der Waals surface area contributed by atoms with Gasteiger partial charge in [0, 0.05) is 0 Å². The summed E-state index contributed by atoms with van der Waals surface area (Å²) in [6, 6.07) is -0.713. The number of carbonyl (C=O) groups excluding carboxylic acids is 1. The predicted octanol–water partition coefficient (Wildman–Crippen LogP) is -0.716. The topological polar surface area (TPSA) is 63.3 Å². The summed E-state index contributed by atoms with van der Waals surface area (Å²) >= 11 is 0. The van der Waals surface area contributed by atoms with Crippen molar-refractivity contribution < 1.29 is 9.90 Å². The largest absolute Gasteiger partial charge is 0.391 e. The molecule has 0 heterocycles. The molecule has 0 aliphatic heterocycles. The molecule has 48 valence electrons. The van der Waals surface area contributed by atoms with Crippen LogP contribution in [0, 0.1) is 0 Å². The zero-order valence-corrected chi connectivity index (χ0v) is 5.09. The van der Waals surface area contributed by atoms with Crippen LogP contribution < -0.4 is 5.73 Å². The molecule has 0 bridgehead atoms. The van der Waals surface area contributed by atoms with Gasteiger partial charge in [0.15, 0.2) is 0 Å². The highest BCUT2D eigenvalue weighted by atomic mass is 16.3. The molecule has 0 fully saturated rings. The van der Waals surface area contributed by atoms with Gasteiger partial charge in [-0.15, -0.1) is 0 Å². The maximum atomic E-state index is 10.3. The first-order chi connectivity index (χ1) is 3.55. The van der Waals surface area contributed by atoms with E-state index in [0.29, 0.717) is 0 Å². The van der Waals surface area contributed by atoms with Crippen molar-refractivity contribution in [2.24, 2.45) is 5.73 Å². The lowest BCUT2D eigenvalue weighted by atomic mass is 10.1. The van der Waals surface area contributed by atoms with Crippen LogP contribution in [0.15, 0.2) is 0 Å². The van der Waals surface area contributed by atoms with Gasteiger partial charge in [-0.3, -0.25) is 4.79 Å². The Morgan fingerprint density at radius 2 is 2.12 bits per heavy atom. The van der Waals surface area contributed by atoms with E-state index in [4.69, 9.17) is 10.8 Å². The zero-order chi connectivity index (χ0) is 6.73. The molecular weight excluding hydrogens is 106 g/mol. The van der Waals surface area contributed by atoms with Gasteiger partial charge in [-0.05, 0) is 13.8 Å². The van der Waals surface area contributed by atoms with E-state index in [2.05, 4.69) is 0 Å². The van der Waals surface area contributed by atoms with Gasteiger partial charge >= 0.3 is 0 Å². The van der Waals surface area contributed by atoms with Crippen molar-refractivity contribution in [2.45, 2.75) is 26.0 Å². The monoisotopic (exact) mass is 117 g/mol. The van der Waals surface area contributed by atoms with Crippen molar-refractivity contribution in [3.63, 3.8) is 0 Å². The third-order valence-corrected chi connectivity index (χ3v) is 0.989. The average molecular weight is 117 g/mol. The molecule has 0 aliphatic rings. The lowest BCUT2D eigenvalue weighted by Crippen LogP contribution is -2.38. The molecule has 0 saturated carbocycles. The number of hydrogen-bond acceptors (Lipinski definition) is 3. The molecule has 0 rings (SSSR count). The van der Waals surface area contributed by atoms with Crippen molar-refractivity contribution in [1.29, 1.82) is 0 Å². The first-order valence-corrected chi connectivity index (χ1v) is 2.50. The minimum atomic E-state index is -0.729. The molecule has 0 aromatic carbocycles. The van der Waals surface area contributed by atoms with E-state index in [0.717, 1.165) is 0 Å². The standard InChI is InChI=1S/C5H11NO2/c1-3(7)5(6)4(2)8/h3,5,7H,6H2,1-2H3/t3-,5+/m1/s1. The van der Waals surface area contributed by atoms with E-state index in [1.54, 1.807) is 0 Å². The summed E-state index contributed by atoms with van der Waals surface area (Å²) in [6.07, 6.45) is -0.729. The van der Waals surface area contributed by atoms with Crippen molar-refractivity contribution in [1.82, 2.24) is 0 Å². The fraction of sp³-hybridized carbons (Fsp3) is 0.800. The molecule has 0 unspecified atom stereocenters. The third kappa shape index (κ3) is 2.04. The first kappa shape index (κ1) is 7.59. The normalized spacial score (nSPS) is 17.5. The quantitative estimate of drug-likeness (QED) is 0.502. The SMILES string of the molecule is CC(=O)[C@@H](N)[C@@H](C)O. The predicted molar refractivity (Wildman–Crippen MR) is 30.3 cm³/mol. The van der Waals surface area contributed by atoms with Gasteiger partial charge in [-0.2, -0.15) is 0 Å². The van der Waals surface area contributed by atoms with Crippen LogP contribution in [0.3, 0.4) is 0 Å². The van der Waals surface area contributed by atoms with Gasteiger partial charge in [0.25, 0.3) is 0 Å². The van der Waals surface area contributed by atoms with Crippen LogP contribution in [0.1, 0.15) is 13.8 Å². The van der Waals surface area contributed by atoms with Crippen LogP contribution in [-0.2, 0) is 4.79 Å². The molecule has 0 aromatic rings. The summed E-state index contributed by atoms with van der Waals surface area (Å²) in [5.74, 6) is -0.181. The molecular formula is C5H11NO2. The van der Waals surface area contributed by atoms with Crippen molar-refractivity contribution in [3.05, 3.63) is 0 Å². The number of ketones is 1. The van der Waals surface area contributed by atoms with Crippen molar-refractivity contribution in [3.8, 4) is 0 Å². The van der Waals surface area contributed by atoms with Crippen LogP contribution in [0.4, 0.5) is 0 Å². The van der Waals surface area contributed by atoms with Gasteiger partial charge < -0.3 is 10.8 Å². The zero-order valence-electron chi connectivity index (χ0n) is 5.09. The van der Waals surface area contributed by atoms with Gasteiger partial charge in [0.05, 0.1) is 12.1 Å². The van der Waals surface area contributed by atoms with Crippen molar-refractivity contribution >= 4 is 5.78 Å². The highest BCUT2D eigenvalue weighted by Crippen LogP contribution is 1.87. The third-order valence-electron chi connectivity index (χ3n) is 0.989. The first-order valence-electron chi connectivity index (χ1n) is 2.50. The Labute approximate surface area is 48.5 Å². The summed E-state index contributed by atoms with van der Waals surface area (Å²) < 4.78 is 0. The maximum Gasteiger partial charge on any atom is 0.149 e. The Morgan fingerprint density at radius 1 is 1.75 bits per heavy atom. The minimum Gasteiger partial charge on any atom is -0.391 e. The highest BCUT2D eigenvalue weighted by Gasteiger charge is 2.12. The fourth-order valence-electron chi connectivity index (χ4n) is 0.340. The highest BCUT2D eigenvalue weighted by molar-refractivity contribution is 5.81. The number of aliphatic hydroxyl groups is 1. The Kier molecular flexibility index (Phi) is 2.65.